The molecule has 1 heterocycles. The van der Waals surface area contributed by atoms with E-state index in [9.17, 15) is 10.2 Å². The third kappa shape index (κ3) is 4.36. The van der Waals surface area contributed by atoms with Crippen LogP contribution in [0.1, 0.15) is 16.7 Å². The second-order valence-corrected chi connectivity index (χ2v) is 6.87. The number of aryl methyl sites for hydroxylation is 1. The van der Waals surface area contributed by atoms with Crippen LogP contribution in [0.5, 0.6) is 5.75 Å². The fourth-order valence-corrected chi connectivity index (χ4v) is 3.72. The number of β-amino-alcohol motifs (C(OH)–C–C–N with tert-alkyl or cyclic N) is 1. The van der Waals surface area contributed by atoms with Gasteiger partial charge in [0.25, 0.3) is 0 Å². The molecule has 0 aromatic heterocycles. The number of piperazine rings is 1. The molecule has 21 heavy (non-hydrogen) atoms. The number of benzene rings is 1. The molecule has 0 bridgehead atoms. The first-order valence-corrected chi connectivity index (χ1v) is 8.51. The van der Waals surface area contributed by atoms with Crippen molar-refractivity contribution in [2.24, 2.45) is 0 Å². The Hall–Kier alpha value is -0.750. The molecule has 0 radical (unpaired) electrons. The first-order valence-electron chi connectivity index (χ1n) is 7.52. The minimum absolute atomic E-state index is 0.318. The second-order valence-electron chi connectivity index (χ2n) is 5.81. The molecule has 1 atom stereocenters. The monoisotopic (exact) mass is 310 g/mol. The van der Waals surface area contributed by atoms with Gasteiger partial charge in [-0.05, 0) is 43.5 Å². The Kier molecular flexibility index (Phi) is 5.93. The zero-order chi connectivity index (χ0) is 15.4. The fraction of sp³-hybridized carbons (Fsp3) is 0.625. The van der Waals surface area contributed by atoms with Gasteiger partial charge < -0.3 is 15.5 Å². The van der Waals surface area contributed by atoms with E-state index in [0.29, 0.717) is 11.5 Å². The number of hydrogen-bond acceptors (Lipinski definition) is 5. The summed E-state index contributed by atoms with van der Waals surface area (Å²) in [7, 11) is 0. The van der Waals surface area contributed by atoms with Gasteiger partial charge in [-0.1, -0.05) is 0 Å². The summed E-state index contributed by atoms with van der Waals surface area (Å²) in [6.07, 6.45) is -0.318. The van der Waals surface area contributed by atoms with E-state index in [-0.39, 0.29) is 6.10 Å². The lowest BCUT2D eigenvalue weighted by atomic mass is 10.1. The number of nitrogens with zero attached hydrogens (tertiary/aromatic N) is 1. The molecule has 1 aromatic rings. The summed E-state index contributed by atoms with van der Waals surface area (Å²) >= 11 is 1.68. The van der Waals surface area contributed by atoms with E-state index in [1.165, 1.54) is 0 Å². The Balaban J connectivity index is 1.90. The smallest absolute Gasteiger partial charge is 0.121 e. The van der Waals surface area contributed by atoms with Crippen molar-refractivity contribution in [3.63, 3.8) is 0 Å². The van der Waals surface area contributed by atoms with Crippen molar-refractivity contribution in [3.8, 4) is 5.75 Å². The second kappa shape index (κ2) is 7.49. The average molecular weight is 310 g/mol. The number of nitrogens with one attached hydrogen (secondary N) is 1. The fourth-order valence-electron chi connectivity index (χ4n) is 2.61. The van der Waals surface area contributed by atoms with Crippen LogP contribution in [0.4, 0.5) is 0 Å². The number of aromatic hydroxyl groups is 1. The lowest BCUT2D eigenvalue weighted by molar-refractivity contribution is 0.121. The zero-order valence-corrected chi connectivity index (χ0v) is 14.0. The summed E-state index contributed by atoms with van der Waals surface area (Å²) in [5.74, 6) is 1.08. The van der Waals surface area contributed by atoms with Gasteiger partial charge >= 0.3 is 0 Å². The Labute approximate surface area is 131 Å². The normalized spacial score (nSPS) is 17.9. The van der Waals surface area contributed by atoms with Crippen molar-refractivity contribution in [3.05, 3.63) is 22.8 Å². The molecule has 1 aliphatic rings. The number of thioether (sulfide) groups is 1. The van der Waals surface area contributed by atoms with Crippen LogP contribution in [0, 0.1) is 20.8 Å². The lowest BCUT2D eigenvalue weighted by Gasteiger charge is -2.29. The highest BCUT2D eigenvalue weighted by atomic mass is 32.2. The molecule has 1 aliphatic heterocycles. The third-order valence-electron chi connectivity index (χ3n) is 4.12. The molecular weight excluding hydrogens is 284 g/mol. The first kappa shape index (κ1) is 16.6. The molecule has 0 spiro atoms. The van der Waals surface area contributed by atoms with Gasteiger partial charge in [0.1, 0.15) is 5.75 Å². The number of phenolic OH excluding ortho intramolecular Hbond substituents is 1. The maximum Gasteiger partial charge on any atom is 0.121 e. The third-order valence-corrected chi connectivity index (χ3v) is 5.40. The van der Waals surface area contributed by atoms with Crippen molar-refractivity contribution in [1.29, 1.82) is 0 Å². The maximum atomic E-state index is 10.2. The Bertz CT molecular complexity index is 488. The molecule has 1 saturated heterocycles. The standard InChI is InChI=1S/C16H26N2O2S/c1-11-8-15(12(2)13(3)16(11)20)21-10-14(19)9-18-6-4-17-5-7-18/h8,14,17,19-20H,4-7,9-10H2,1-3H3. The number of hydrogen-bond donors (Lipinski definition) is 3. The summed E-state index contributed by atoms with van der Waals surface area (Å²) in [5, 5.41) is 23.5. The number of aliphatic hydroxyl groups is 1. The largest absolute Gasteiger partial charge is 0.507 e. The predicted molar refractivity (Wildman–Crippen MR) is 88.4 cm³/mol. The van der Waals surface area contributed by atoms with Gasteiger partial charge in [0, 0.05) is 43.4 Å². The molecular formula is C16H26N2O2S. The zero-order valence-electron chi connectivity index (χ0n) is 13.1. The van der Waals surface area contributed by atoms with Gasteiger partial charge in [-0.15, -0.1) is 11.8 Å². The number of rotatable bonds is 5. The van der Waals surface area contributed by atoms with E-state index in [4.69, 9.17) is 0 Å². The summed E-state index contributed by atoms with van der Waals surface area (Å²) in [5.41, 5.74) is 2.95. The Morgan fingerprint density at radius 2 is 1.90 bits per heavy atom. The van der Waals surface area contributed by atoms with E-state index < -0.39 is 0 Å². The van der Waals surface area contributed by atoms with Crippen molar-refractivity contribution in [1.82, 2.24) is 10.2 Å². The highest BCUT2D eigenvalue weighted by molar-refractivity contribution is 7.99. The van der Waals surface area contributed by atoms with Gasteiger partial charge in [0.2, 0.25) is 0 Å². The number of aliphatic hydroxyl groups excluding tert-OH is 1. The van der Waals surface area contributed by atoms with E-state index >= 15 is 0 Å². The highest BCUT2D eigenvalue weighted by Crippen LogP contribution is 2.33. The van der Waals surface area contributed by atoms with E-state index in [2.05, 4.69) is 10.2 Å². The van der Waals surface area contributed by atoms with Crippen LogP contribution >= 0.6 is 11.8 Å². The summed E-state index contributed by atoms with van der Waals surface area (Å²) in [6, 6.07) is 2.01. The maximum absolute atomic E-state index is 10.2. The highest BCUT2D eigenvalue weighted by Gasteiger charge is 2.16. The summed E-state index contributed by atoms with van der Waals surface area (Å²) in [6.45, 7) is 10.7. The van der Waals surface area contributed by atoms with Crippen molar-refractivity contribution in [2.45, 2.75) is 31.8 Å². The average Bonchev–Trinajstić information content (AvgIpc) is 2.48. The van der Waals surface area contributed by atoms with Crippen LogP contribution in [0.2, 0.25) is 0 Å². The number of phenols is 1. The molecule has 1 fully saturated rings. The van der Waals surface area contributed by atoms with Crippen LogP contribution in [-0.4, -0.2) is 59.7 Å². The van der Waals surface area contributed by atoms with Crippen molar-refractivity contribution < 1.29 is 10.2 Å². The Morgan fingerprint density at radius 3 is 2.57 bits per heavy atom. The van der Waals surface area contributed by atoms with Crippen LogP contribution in [0.25, 0.3) is 0 Å². The van der Waals surface area contributed by atoms with Gasteiger partial charge in [-0.25, -0.2) is 0 Å². The van der Waals surface area contributed by atoms with Gasteiger partial charge in [-0.3, -0.25) is 4.90 Å². The van der Waals surface area contributed by atoms with Crippen LogP contribution in [-0.2, 0) is 0 Å². The van der Waals surface area contributed by atoms with Crippen LogP contribution < -0.4 is 5.32 Å². The molecule has 0 amide bonds. The lowest BCUT2D eigenvalue weighted by Crippen LogP contribution is -2.46. The van der Waals surface area contributed by atoms with Crippen LogP contribution in [0.15, 0.2) is 11.0 Å². The van der Waals surface area contributed by atoms with E-state index in [1.807, 2.05) is 26.8 Å². The molecule has 1 unspecified atom stereocenters. The van der Waals surface area contributed by atoms with Crippen LogP contribution in [0.3, 0.4) is 0 Å². The summed E-state index contributed by atoms with van der Waals surface area (Å²) < 4.78 is 0. The van der Waals surface area contributed by atoms with Gasteiger partial charge in [-0.2, -0.15) is 0 Å². The topological polar surface area (TPSA) is 55.7 Å². The molecule has 0 aliphatic carbocycles. The quantitative estimate of drug-likeness (QED) is 0.723. The first-order chi connectivity index (χ1) is 9.99. The molecule has 0 saturated carbocycles. The predicted octanol–water partition coefficient (Wildman–Crippen LogP) is 1.68. The molecule has 3 N–H and O–H groups in total. The molecule has 2 rings (SSSR count). The SMILES string of the molecule is Cc1cc(SCC(O)CN2CCNCC2)c(C)c(C)c1O. The van der Waals surface area contributed by atoms with Crippen molar-refractivity contribution in [2.75, 3.05) is 38.5 Å². The van der Waals surface area contributed by atoms with E-state index in [1.54, 1.807) is 11.8 Å². The minimum atomic E-state index is -0.318. The Morgan fingerprint density at radius 1 is 1.24 bits per heavy atom. The molecule has 4 nitrogen and oxygen atoms in total. The van der Waals surface area contributed by atoms with E-state index in [0.717, 1.165) is 54.3 Å². The minimum Gasteiger partial charge on any atom is -0.507 e. The van der Waals surface area contributed by atoms with Gasteiger partial charge in [0.15, 0.2) is 0 Å². The van der Waals surface area contributed by atoms with Gasteiger partial charge in [0.05, 0.1) is 6.10 Å². The molecule has 118 valence electrons. The molecule has 5 heteroatoms. The molecule has 1 aromatic carbocycles. The summed E-state index contributed by atoms with van der Waals surface area (Å²) in [4.78, 5) is 3.46. The van der Waals surface area contributed by atoms with Crippen molar-refractivity contribution >= 4 is 11.8 Å².